The number of carboxylic acids is 2. The smallest absolute Gasteiger partial charge is 0.344 e. The molecule has 0 fully saturated rings. The summed E-state index contributed by atoms with van der Waals surface area (Å²) in [6.07, 6.45) is 0. The number of benzene rings is 4. The number of carboxylic acid groups (broad SMARTS) is 2. The van der Waals surface area contributed by atoms with E-state index in [0.717, 1.165) is 22.3 Å². The molecular formula is C33H30O8. The van der Waals surface area contributed by atoms with Gasteiger partial charge in [0.1, 0.15) is 12.4 Å². The van der Waals surface area contributed by atoms with Crippen LogP contribution in [-0.4, -0.2) is 28.1 Å². The Morgan fingerprint density at radius 1 is 0.659 bits per heavy atom. The maximum Gasteiger partial charge on any atom is 0.344 e. The first-order chi connectivity index (χ1) is 19.5. The van der Waals surface area contributed by atoms with Crippen molar-refractivity contribution < 1.29 is 39.1 Å². The molecule has 0 aliphatic carbocycles. The monoisotopic (exact) mass is 554 g/mol. The highest BCUT2D eigenvalue weighted by molar-refractivity contribution is 6.03. The van der Waals surface area contributed by atoms with Crippen molar-refractivity contribution in [3.05, 3.63) is 129 Å². The number of aromatic carboxylic acids is 2. The fraction of sp³-hybridized carbons (Fsp3) is 0.182. The number of carbonyl (C=O) groups is 3. The molecule has 4 rings (SSSR count). The Morgan fingerprint density at radius 3 is 1.73 bits per heavy atom. The summed E-state index contributed by atoms with van der Waals surface area (Å²) in [7, 11) is 0. The molecule has 0 amide bonds. The third-order valence-corrected chi connectivity index (χ3v) is 6.85. The predicted octanol–water partition coefficient (Wildman–Crippen LogP) is 6.76. The van der Waals surface area contributed by atoms with Crippen LogP contribution in [-0.2, 0) is 16.9 Å². The topological polar surface area (TPSA) is 119 Å². The summed E-state index contributed by atoms with van der Waals surface area (Å²) in [5.41, 5.74) is 3.69. The highest BCUT2D eigenvalue weighted by Gasteiger charge is 2.24. The Bertz CT molecular complexity index is 1590. The fourth-order valence-electron chi connectivity index (χ4n) is 4.38. The van der Waals surface area contributed by atoms with E-state index in [1.165, 1.54) is 12.1 Å². The molecule has 0 aromatic heterocycles. The van der Waals surface area contributed by atoms with Crippen molar-refractivity contribution in [2.24, 2.45) is 0 Å². The molecule has 4 aromatic rings. The minimum Gasteiger partial charge on any atom is -0.478 e. The van der Waals surface area contributed by atoms with E-state index in [9.17, 15) is 24.6 Å². The van der Waals surface area contributed by atoms with E-state index in [1.807, 2.05) is 37.3 Å². The van der Waals surface area contributed by atoms with Crippen LogP contribution in [0.3, 0.4) is 0 Å². The van der Waals surface area contributed by atoms with Gasteiger partial charge in [-0.05, 0) is 73.0 Å². The molecule has 8 heteroatoms. The van der Waals surface area contributed by atoms with Crippen LogP contribution < -0.4 is 9.62 Å². The van der Waals surface area contributed by atoms with Crippen LogP contribution in [0, 0.1) is 13.8 Å². The second kappa shape index (κ2) is 12.1. The summed E-state index contributed by atoms with van der Waals surface area (Å²) >= 11 is 0. The first kappa shape index (κ1) is 29.0. The molecule has 210 valence electrons. The molecule has 0 aliphatic rings. The lowest BCUT2D eigenvalue weighted by atomic mass is 9.78. The minimum atomic E-state index is -1.20. The molecule has 0 unspecified atom stereocenters. The van der Waals surface area contributed by atoms with E-state index in [2.05, 4.69) is 13.8 Å². The molecule has 41 heavy (non-hydrogen) atoms. The SMILES string of the molecule is Cc1ccc(COOc2ccc(C(C)(C)c3ccc(OC(=O)c4ccc(C)cc4C(=O)O)cc3)cc2)c(C(=O)O)c1. The van der Waals surface area contributed by atoms with Crippen molar-refractivity contribution in [3.8, 4) is 11.5 Å². The average molecular weight is 555 g/mol. The molecule has 0 spiro atoms. The van der Waals surface area contributed by atoms with Gasteiger partial charge in [0.15, 0.2) is 5.75 Å². The predicted molar refractivity (Wildman–Crippen MR) is 152 cm³/mol. The minimum absolute atomic E-state index is 0.0139. The van der Waals surface area contributed by atoms with E-state index in [-0.39, 0.29) is 23.3 Å². The van der Waals surface area contributed by atoms with Gasteiger partial charge in [0.05, 0.1) is 16.7 Å². The van der Waals surface area contributed by atoms with Crippen LogP contribution in [0.1, 0.15) is 72.7 Å². The standard InChI is InChI=1S/C33H30O8/c1-20-5-7-22(28(17-20)30(34)35)19-39-41-26-14-10-24(11-15-26)33(3,4)23-8-12-25(13-9-23)40-32(38)27-16-6-21(2)18-29(27)31(36)37/h5-18H,19H2,1-4H3,(H,34,35)(H,36,37). The van der Waals surface area contributed by atoms with Gasteiger partial charge < -0.3 is 19.8 Å². The highest BCUT2D eigenvalue weighted by atomic mass is 17.2. The molecule has 0 saturated heterocycles. The van der Waals surface area contributed by atoms with Gasteiger partial charge in [-0.25, -0.2) is 14.4 Å². The fourth-order valence-corrected chi connectivity index (χ4v) is 4.38. The zero-order chi connectivity index (χ0) is 29.7. The molecule has 0 atom stereocenters. The Balaban J connectivity index is 1.40. The largest absolute Gasteiger partial charge is 0.478 e. The molecule has 2 N–H and O–H groups in total. The van der Waals surface area contributed by atoms with E-state index >= 15 is 0 Å². The Kier molecular flexibility index (Phi) is 8.54. The lowest BCUT2D eigenvalue weighted by Gasteiger charge is -2.26. The van der Waals surface area contributed by atoms with E-state index in [4.69, 9.17) is 14.5 Å². The van der Waals surface area contributed by atoms with Crippen molar-refractivity contribution >= 4 is 17.9 Å². The van der Waals surface area contributed by atoms with Gasteiger partial charge >= 0.3 is 17.9 Å². The number of rotatable bonds is 10. The highest BCUT2D eigenvalue weighted by Crippen LogP contribution is 2.33. The number of esters is 1. The van der Waals surface area contributed by atoms with Crippen LogP contribution in [0.25, 0.3) is 0 Å². The molecule has 8 nitrogen and oxygen atoms in total. The molecule has 0 saturated carbocycles. The summed E-state index contributed by atoms with van der Waals surface area (Å²) in [6.45, 7) is 7.66. The average Bonchev–Trinajstić information content (AvgIpc) is 2.94. The first-order valence-corrected chi connectivity index (χ1v) is 12.8. The summed E-state index contributed by atoms with van der Waals surface area (Å²) < 4.78 is 5.45. The summed E-state index contributed by atoms with van der Waals surface area (Å²) in [5.74, 6) is -2.20. The van der Waals surface area contributed by atoms with Crippen molar-refractivity contribution in [2.45, 2.75) is 39.7 Å². The first-order valence-electron chi connectivity index (χ1n) is 12.8. The lowest BCUT2D eigenvalue weighted by Crippen LogP contribution is -2.19. The third kappa shape index (κ3) is 6.80. The van der Waals surface area contributed by atoms with E-state index in [0.29, 0.717) is 17.1 Å². The normalized spacial score (nSPS) is 11.1. The Labute approximate surface area is 237 Å². The molecular weight excluding hydrogens is 524 g/mol. The van der Waals surface area contributed by atoms with Crippen LogP contribution in [0.5, 0.6) is 11.5 Å². The van der Waals surface area contributed by atoms with Crippen LogP contribution in [0.15, 0.2) is 84.9 Å². The zero-order valence-electron chi connectivity index (χ0n) is 23.1. The molecule has 0 aliphatic heterocycles. The molecule has 0 bridgehead atoms. The third-order valence-electron chi connectivity index (χ3n) is 6.85. The van der Waals surface area contributed by atoms with Crippen molar-refractivity contribution in [1.82, 2.24) is 0 Å². The number of ether oxygens (including phenoxy) is 1. The summed E-state index contributed by atoms with van der Waals surface area (Å²) in [6, 6.07) is 24.1. The molecule has 0 heterocycles. The van der Waals surface area contributed by atoms with Gasteiger partial charge in [0.25, 0.3) is 0 Å². The number of aryl methyl sites for hydroxylation is 2. The maximum absolute atomic E-state index is 12.7. The second-order valence-electron chi connectivity index (χ2n) is 10.2. The summed E-state index contributed by atoms with van der Waals surface area (Å²) in [5, 5.41) is 18.8. The summed E-state index contributed by atoms with van der Waals surface area (Å²) in [4.78, 5) is 46.4. The Morgan fingerprint density at radius 2 is 1.17 bits per heavy atom. The van der Waals surface area contributed by atoms with E-state index in [1.54, 1.807) is 49.4 Å². The van der Waals surface area contributed by atoms with Gasteiger partial charge in [0, 0.05) is 5.41 Å². The van der Waals surface area contributed by atoms with Gasteiger partial charge in [0.2, 0.25) is 0 Å². The van der Waals surface area contributed by atoms with E-state index < -0.39 is 23.3 Å². The van der Waals surface area contributed by atoms with Gasteiger partial charge in [-0.3, -0.25) is 0 Å². The second-order valence-corrected chi connectivity index (χ2v) is 10.2. The van der Waals surface area contributed by atoms with Crippen LogP contribution in [0.2, 0.25) is 0 Å². The lowest BCUT2D eigenvalue weighted by molar-refractivity contribution is -0.217. The molecule has 0 radical (unpaired) electrons. The quantitative estimate of drug-likeness (QED) is 0.0956. The number of carbonyl (C=O) groups excluding carboxylic acids is 1. The van der Waals surface area contributed by atoms with Crippen molar-refractivity contribution in [1.29, 1.82) is 0 Å². The van der Waals surface area contributed by atoms with Crippen molar-refractivity contribution in [2.75, 3.05) is 0 Å². The number of hydrogen-bond acceptors (Lipinski definition) is 6. The van der Waals surface area contributed by atoms with Crippen molar-refractivity contribution in [3.63, 3.8) is 0 Å². The van der Waals surface area contributed by atoms with Crippen LogP contribution >= 0.6 is 0 Å². The van der Waals surface area contributed by atoms with Crippen LogP contribution in [0.4, 0.5) is 0 Å². The molecule has 4 aromatic carbocycles. The Hall–Kier alpha value is -4.95. The van der Waals surface area contributed by atoms with Gasteiger partial charge in [-0.2, -0.15) is 4.89 Å². The van der Waals surface area contributed by atoms with Gasteiger partial charge in [-0.15, -0.1) is 0 Å². The zero-order valence-corrected chi connectivity index (χ0v) is 23.1. The number of hydrogen-bond donors (Lipinski definition) is 2. The maximum atomic E-state index is 12.7. The van der Waals surface area contributed by atoms with Gasteiger partial charge in [-0.1, -0.05) is 67.4 Å².